The molecule has 2 N–H and O–H groups in total. The van der Waals surface area contributed by atoms with Crippen molar-refractivity contribution in [3.8, 4) is 6.07 Å². The Morgan fingerprint density at radius 2 is 2.15 bits per heavy atom. The topological polar surface area (TPSA) is 56.0 Å². The number of rotatable bonds is 4. The zero-order valence-electron chi connectivity index (χ0n) is 8.33. The van der Waals surface area contributed by atoms with E-state index in [9.17, 15) is 0 Å². The lowest BCUT2D eigenvalue weighted by atomic mass is 9.73. The predicted octanol–water partition coefficient (Wildman–Crippen LogP) is 0.895. The summed E-state index contributed by atoms with van der Waals surface area (Å²) in [4.78, 5) is 0. The van der Waals surface area contributed by atoms with Gasteiger partial charge in [-0.3, -0.25) is 5.32 Å². The Hall–Kier alpha value is -0.590. The van der Waals surface area contributed by atoms with Gasteiger partial charge in [0.2, 0.25) is 0 Å². The minimum atomic E-state index is -0.377. The molecule has 0 bridgehead atoms. The van der Waals surface area contributed by atoms with Crippen LogP contribution in [0.4, 0.5) is 0 Å². The average molecular weight is 182 g/mol. The van der Waals surface area contributed by atoms with Crippen molar-refractivity contribution in [2.24, 2.45) is 11.8 Å². The summed E-state index contributed by atoms with van der Waals surface area (Å²) >= 11 is 0. The second kappa shape index (κ2) is 4.59. The molecule has 0 heterocycles. The number of hydrogen-bond donors (Lipinski definition) is 2. The van der Waals surface area contributed by atoms with Crippen molar-refractivity contribution < 1.29 is 5.11 Å². The molecule has 1 fully saturated rings. The van der Waals surface area contributed by atoms with Gasteiger partial charge >= 0.3 is 0 Å². The second-order valence-electron chi connectivity index (χ2n) is 4.20. The van der Waals surface area contributed by atoms with Gasteiger partial charge in [0.15, 0.2) is 0 Å². The van der Waals surface area contributed by atoms with Crippen LogP contribution in [0.3, 0.4) is 0 Å². The summed E-state index contributed by atoms with van der Waals surface area (Å²) in [5, 5.41) is 20.5. The van der Waals surface area contributed by atoms with E-state index in [-0.39, 0.29) is 12.6 Å². The highest BCUT2D eigenvalue weighted by Crippen LogP contribution is 2.33. The molecule has 1 unspecified atom stereocenters. The maximum absolute atomic E-state index is 8.78. The van der Waals surface area contributed by atoms with E-state index in [2.05, 4.69) is 19.2 Å². The van der Waals surface area contributed by atoms with Crippen molar-refractivity contribution in [3.05, 3.63) is 0 Å². The molecule has 3 heteroatoms. The van der Waals surface area contributed by atoms with Crippen LogP contribution in [-0.4, -0.2) is 23.8 Å². The number of nitriles is 1. The summed E-state index contributed by atoms with van der Waals surface area (Å²) in [7, 11) is 0. The lowest BCUT2D eigenvalue weighted by Crippen LogP contribution is -2.48. The summed E-state index contributed by atoms with van der Waals surface area (Å²) in [6.45, 7) is 4.38. The lowest BCUT2D eigenvalue weighted by molar-refractivity contribution is 0.149. The van der Waals surface area contributed by atoms with Gasteiger partial charge in [0, 0.05) is 6.04 Å². The van der Waals surface area contributed by atoms with E-state index in [0.717, 1.165) is 24.7 Å². The number of nitrogens with zero attached hydrogens (tertiary/aromatic N) is 1. The summed E-state index contributed by atoms with van der Waals surface area (Å²) in [5.74, 6) is 1.54. The van der Waals surface area contributed by atoms with E-state index in [0.29, 0.717) is 6.04 Å². The number of hydrogen-bond acceptors (Lipinski definition) is 3. The van der Waals surface area contributed by atoms with Crippen molar-refractivity contribution in [3.63, 3.8) is 0 Å². The van der Waals surface area contributed by atoms with E-state index in [4.69, 9.17) is 10.4 Å². The van der Waals surface area contributed by atoms with Gasteiger partial charge in [0.1, 0.15) is 6.04 Å². The Balaban J connectivity index is 2.18. The fourth-order valence-corrected chi connectivity index (χ4v) is 1.76. The third-order valence-corrected chi connectivity index (χ3v) is 2.89. The third kappa shape index (κ3) is 2.68. The minimum Gasteiger partial charge on any atom is -0.394 e. The molecule has 1 saturated carbocycles. The van der Waals surface area contributed by atoms with Crippen LogP contribution in [0.5, 0.6) is 0 Å². The molecule has 0 radical (unpaired) electrons. The molecule has 0 spiro atoms. The van der Waals surface area contributed by atoms with E-state index >= 15 is 0 Å². The second-order valence-corrected chi connectivity index (χ2v) is 4.20. The zero-order chi connectivity index (χ0) is 9.84. The van der Waals surface area contributed by atoms with Crippen LogP contribution in [0.2, 0.25) is 0 Å². The van der Waals surface area contributed by atoms with E-state index in [1.807, 2.05) is 6.07 Å². The van der Waals surface area contributed by atoms with Crippen molar-refractivity contribution in [2.75, 3.05) is 6.61 Å². The first-order valence-electron chi connectivity index (χ1n) is 4.94. The molecule has 1 atom stereocenters. The highest BCUT2D eigenvalue weighted by molar-refractivity contribution is 4.95. The van der Waals surface area contributed by atoms with Crippen LogP contribution < -0.4 is 5.32 Å². The standard InChI is InChI=1S/C10H18N2O/c1-7(2)8-3-9(4-8)12-10(5-11)6-13/h7-10,12-13H,3-4,6H2,1-2H3. The van der Waals surface area contributed by atoms with Crippen molar-refractivity contribution in [1.29, 1.82) is 5.26 Å². The molecule has 0 amide bonds. The summed E-state index contributed by atoms with van der Waals surface area (Å²) in [6, 6.07) is 2.11. The Morgan fingerprint density at radius 1 is 1.54 bits per heavy atom. The van der Waals surface area contributed by atoms with E-state index in [1.54, 1.807) is 0 Å². The molecule has 74 valence electrons. The molecule has 0 aliphatic heterocycles. The van der Waals surface area contributed by atoms with Crippen molar-refractivity contribution in [1.82, 2.24) is 5.32 Å². The van der Waals surface area contributed by atoms with Gasteiger partial charge in [-0.1, -0.05) is 13.8 Å². The first kappa shape index (κ1) is 10.5. The normalized spacial score (nSPS) is 29.5. The molecule has 0 aromatic rings. The van der Waals surface area contributed by atoms with E-state index in [1.165, 1.54) is 0 Å². The SMILES string of the molecule is CC(C)C1CC(NC(C#N)CO)C1. The molecular weight excluding hydrogens is 164 g/mol. The van der Waals surface area contributed by atoms with Crippen LogP contribution >= 0.6 is 0 Å². The molecule has 0 aromatic heterocycles. The van der Waals surface area contributed by atoms with Gasteiger partial charge in [-0.15, -0.1) is 0 Å². The first-order valence-corrected chi connectivity index (χ1v) is 4.94. The number of aliphatic hydroxyl groups is 1. The van der Waals surface area contributed by atoms with Gasteiger partial charge in [-0.05, 0) is 24.7 Å². The fourth-order valence-electron chi connectivity index (χ4n) is 1.76. The largest absolute Gasteiger partial charge is 0.394 e. The number of aliphatic hydroxyl groups excluding tert-OH is 1. The molecule has 1 aliphatic carbocycles. The highest BCUT2D eigenvalue weighted by atomic mass is 16.3. The maximum Gasteiger partial charge on any atom is 0.119 e. The Labute approximate surface area is 79.8 Å². The minimum absolute atomic E-state index is 0.0840. The molecule has 0 saturated heterocycles. The molecule has 1 rings (SSSR count). The van der Waals surface area contributed by atoms with Crippen LogP contribution in [-0.2, 0) is 0 Å². The van der Waals surface area contributed by atoms with Crippen LogP contribution in [0.15, 0.2) is 0 Å². The monoisotopic (exact) mass is 182 g/mol. The first-order chi connectivity index (χ1) is 6.17. The van der Waals surface area contributed by atoms with Crippen molar-refractivity contribution in [2.45, 2.75) is 38.8 Å². The van der Waals surface area contributed by atoms with Crippen molar-refractivity contribution >= 4 is 0 Å². The van der Waals surface area contributed by atoms with Gasteiger partial charge in [-0.2, -0.15) is 5.26 Å². The summed E-state index contributed by atoms with van der Waals surface area (Å²) in [5.41, 5.74) is 0. The summed E-state index contributed by atoms with van der Waals surface area (Å²) < 4.78 is 0. The predicted molar refractivity (Wildman–Crippen MR) is 51.0 cm³/mol. The Kier molecular flexibility index (Phi) is 3.71. The van der Waals surface area contributed by atoms with Gasteiger partial charge in [0.05, 0.1) is 12.7 Å². The fraction of sp³-hybridized carbons (Fsp3) is 0.900. The van der Waals surface area contributed by atoms with Crippen LogP contribution in [0, 0.1) is 23.2 Å². The van der Waals surface area contributed by atoms with Crippen LogP contribution in [0.25, 0.3) is 0 Å². The lowest BCUT2D eigenvalue weighted by Gasteiger charge is -2.39. The Morgan fingerprint density at radius 3 is 2.54 bits per heavy atom. The van der Waals surface area contributed by atoms with Gasteiger partial charge in [0.25, 0.3) is 0 Å². The molecular formula is C10H18N2O. The smallest absolute Gasteiger partial charge is 0.119 e. The van der Waals surface area contributed by atoms with Crippen LogP contribution in [0.1, 0.15) is 26.7 Å². The van der Waals surface area contributed by atoms with Gasteiger partial charge < -0.3 is 5.11 Å². The third-order valence-electron chi connectivity index (χ3n) is 2.89. The quantitative estimate of drug-likeness (QED) is 0.679. The average Bonchev–Trinajstić information content (AvgIpc) is 2.02. The van der Waals surface area contributed by atoms with Gasteiger partial charge in [-0.25, -0.2) is 0 Å². The molecule has 0 aromatic carbocycles. The Bertz CT molecular complexity index is 192. The molecule has 13 heavy (non-hydrogen) atoms. The maximum atomic E-state index is 8.78. The summed E-state index contributed by atoms with van der Waals surface area (Å²) in [6.07, 6.45) is 2.30. The molecule has 1 aliphatic rings. The molecule has 3 nitrogen and oxygen atoms in total. The zero-order valence-corrected chi connectivity index (χ0v) is 8.33. The van der Waals surface area contributed by atoms with E-state index < -0.39 is 0 Å². The highest BCUT2D eigenvalue weighted by Gasteiger charge is 2.32. The number of nitrogens with one attached hydrogen (secondary N) is 1.